The van der Waals surface area contributed by atoms with Crippen LogP contribution >= 0.6 is 12.8 Å². The molecule has 0 aliphatic carbocycles. The van der Waals surface area contributed by atoms with Crippen LogP contribution in [0.25, 0.3) is 0 Å². The minimum atomic E-state index is 0.0820. The van der Waals surface area contributed by atoms with Crippen LogP contribution in [0.4, 0.5) is 0 Å². The van der Waals surface area contributed by atoms with Crippen molar-refractivity contribution in [2.24, 2.45) is 0 Å². The van der Waals surface area contributed by atoms with E-state index in [1.807, 2.05) is 6.92 Å². The summed E-state index contributed by atoms with van der Waals surface area (Å²) < 4.78 is 2.63. The summed E-state index contributed by atoms with van der Waals surface area (Å²) in [5.41, 5.74) is 0. The van der Waals surface area contributed by atoms with Crippen molar-refractivity contribution in [1.82, 2.24) is 10.0 Å². The van der Waals surface area contributed by atoms with Gasteiger partial charge in [0.2, 0.25) is 5.91 Å². The van der Waals surface area contributed by atoms with E-state index in [1.54, 1.807) is 0 Å². The zero-order valence-corrected chi connectivity index (χ0v) is 6.37. The van der Waals surface area contributed by atoms with Crippen LogP contribution < -0.4 is 10.0 Å². The standard InChI is InChI=1S/C5H12N2OS/c1-2-5(8)6-3-4-7-9/h7,9H,2-4H2,1H3,(H,6,8). The van der Waals surface area contributed by atoms with Crippen molar-refractivity contribution in [3.8, 4) is 0 Å². The minimum Gasteiger partial charge on any atom is -0.355 e. The van der Waals surface area contributed by atoms with Crippen LogP contribution in [0.15, 0.2) is 0 Å². The highest BCUT2D eigenvalue weighted by Crippen LogP contribution is 1.72. The highest BCUT2D eigenvalue weighted by atomic mass is 32.1. The van der Waals surface area contributed by atoms with E-state index >= 15 is 0 Å². The maximum Gasteiger partial charge on any atom is 0.219 e. The normalized spacial score (nSPS) is 9.11. The number of carbonyl (C=O) groups excluding carboxylic acids is 1. The zero-order valence-electron chi connectivity index (χ0n) is 5.48. The fraction of sp³-hybridized carbons (Fsp3) is 0.800. The molecule has 0 rings (SSSR count). The van der Waals surface area contributed by atoms with Crippen LogP contribution in [0, 0.1) is 0 Å². The molecule has 1 amide bonds. The van der Waals surface area contributed by atoms with E-state index in [9.17, 15) is 4.79 Å². The smallest absolute Gasteiger partial charge is 0.219 e. The van der Waals surface area contributed by atoms with E-state index in [-0.39, 0.29) is 5.91 Å². The molecule has 0 unspecified atom stereocenters. The Labute approximate surface area is 60.8 Å². The Kier molecular flexibility index (Phi) is 5.76. The van der Waals surface area contributed by atoms with Gasteiger partial charge in [0.25, 0.3) is 0 Å². The molecule has 0 heterocycles. The maximum absolute atomic E-state index is 10.5. The van der Waals surface area contributed by atoms with Gasteiger partial charge in [-0.15, -0.1) is 0 Å². The highest BCUT2D eigenvalue weighted by Gasteiger charge is 1.91. The van der Waals surface area contributed by atoms with Crippen LogP contribution in [0.3, 0.4) is 0 Å². The van der Waals surface area contributed by atoms with Crippen molar-refractivity contribution in [3.63, 3.8) is 0 Å². The average molecular weight is 148 g/mol. The van der Waals surface area contributed by atoms with Crippen LogP contribution in [-0.4, -0.2) is 19.0 Å². The Hall–Kier alpha value is -0.220. The molecule has 0 saturated heterocycles. The Morgan fingerprint density at radius 1 is 1.56 bits per heavy atom. The second-order valence-corrected chi connectivity index (χ2v) is 1.93. The van der Waals surface area contributed by atoms with Crippen molar-refractivity contribution < 1.29 is 4.79 Å². The van der Waals surface area contributed by atoms with Gasteiger partial charge in [-0.2, -0.15) is 0 Å². The second kappa shape index (κ2) is 5.91. The molecule has 0 aromatic carbocycles. The van der Waals surface area contributed by atoms with Gasteiger partial charge < -0.3 is 5.32 Å². The Morgan fingerprint density at radius 2 is 2.22 bits per heavy atom. The Bertz CT molecular complexity index is 87.0. The van der Waals surface area contributed by atoms with Crippen LogP contribution in [0.1, 0.15) is 13.3 Å². The Morgan fingerprint density at radius 3 is 2.67 bits per heavy atom. The molecule has 0 aliphatic rings. The third kappa shape index (κ3) is 5.65. The number of carbonyl (C=O) groups is 1. The van der Waals surface area contributed by atoms with E-state index < -0.39 is 0 Å². The van der Waals surface area contributed by atoms with Crippen LogP contribution in [0.5, 0.6) is 0 Å². The van der Waals surface area contributed by atoms with Gasteiger partial charge >= 0.3 is 0 Å². The van der Waals surface area contributed by atoms with Gasteiger partial charge in [-0.05, 0) is 0 Å². The number of hydrogen-bond acceptors (Lipinski definition) is 3. The molecule has 0 saturated carbocycles. The molecule has 0 fully saturated rings. The molecule has 0 spiro atoms. The summed E-state index contributed by atoms with van der Waals surface area (Å²) in [6.07, 6.45) is 0.548. The number of thiol groups is 1. The van der Waals surface area contributed by atoms with Crippen molar-refractivity contribution in [2.75, 3.05) is 13.1 Å². The molecule has 3 nitrogen and oxygen atoms in total. The first-order valence-electron chi connectivity index (χ1n) is 2.95. The molecule has 0 atom stereocenters. The number of amides is 1. The molecule has 0 aliphatic heterocycles. The lowest BCUT2D eigenvalue weighted by Crippen LogP contribution is -2.28. The SMILES string of the molecule is CCC(=O)NCCNS. The average Bonchev–Trinajstić information content (AvgIpc) is 1.89. The monoisotopic (exact) mass is 148 g/mol. The van der Waals surface area contributed by atoms with Crippen LogP contribution in [-0.2, 0) is 4.79 Å². The highest BCUT2D eigenvalue weighted by molar-refractivity contribution is 7.78. The summed E-state index contributed by atoms with van der Waals surface area (Å²) in [6, 6.07) is 0. The van der Waals surface area contributed by atoms with Gasteiger partial charge in [0.05, 0.1) is 0 Å². The van der Waals surface area contributed by atoms with Crippen molar-refractivity contribution in [3.05, 3.63) is 0 Å². The molecule has 2 N–H and O–H groups in total. The lowest BCUT2D eigenvalue weighted by atomic mass is 10.4. The molecular formula is C5H12N2OS. The predicted molar refractivity (Wildman–Crippen MR) is 40.3 cm³/mol. The van der Waals surface area contributed by atoms with Gasteiger partial charge in [0.1, 0.15) is 0 Å². The third-order valence-electron chi connectivity index (χ3n) is 0.880. The first-order valence-corrected chi connectivity index (χ1v) is 3.39. The molecule has 9 heavy (non-hydrogen) atoms. The fourth-order valence-electron chi connectivity index (χ4n) is 0.383. The fourth-order valence-corrected chi connectivity index (χ4v) is 0.495. The second-order valence-electron chi connectivity index (χ2n) is 1.61. The summed E-state index contributed by atoms with van der Waals surface area (Å²) in [5.74, 6) is 0.0820. The van der Waals surface area contributed by atoms with E-state index in [4.69, 9.17) is 0 Å². The zero-order chi connectivity index (χ0) is 7.11. The predicted octanol–water partition coefficient (Wildman–Crippen LogP) is -0.0530. The van der Waals surface area contributed by atoms with E-state index in [1.165, 1.54) is 0 Å². The molecule has 0 aromatic rings. The molecule has 0 aromatic heterocycles. The lowest BCUT2D eigenvalue weighted by Gasteiger charge is -1.99. The summed E-state index contributed by atoms with van der Waals surface area (Å²) >= 11 is 3.75. The molecule has 0 bridgehead atoms. The molecule has 0 radical (unpaired) electrons. The van der Waals surface area contributed by atoms with Gasteiger partial charge in [0, 0.05) is 19.5 Å². The summed E-state index contributed by atoms with van der Waals surface area (Å²) in [6.45, 7) is 3.18. The van der Waals surface area contributed by atoms with Crippen molar-refractivity contribution >= 4 is 18.7 Å². The number of rotatable bonds is 4. The first kappa shape index (κ1) is 8.78. The van der Waals surface area contributed by atoms with Crippen molar-refractivity contribution in [2.45, 2.75) is 13.3 Å². The maximum atomic E-state index is 10.5. The van der Waals surface area contributed by atoms with Gasteiger partial charge in [0.15, 0.2) is 0 Å². The molecule has 4 heteroatoms. The van der Waals surface area contributed by atoms with Crippen molar-refractivity contribution in [1.29, 1.82) is 0 Å². The van der Waals surface area contributed by atoms with Gasteiger partial charge in [-0.3, -0.25) is 9.52 Å². The van der Waals surface area contributed by atoms with Gasteiger partial charge in [-0.1, -0.05) is 19.7 Å². The summed E-state index contributed by atoms with van der Waals surface area (Å²) in [5, 5.41) is 2.68. The summed E-state index contributed by atoms with van der Waals surface area (Å²) in [7, 11) is 0. The molecule has 54 valence electrons. The minimum absolute atomic E-state index is 0.0820. The van der Waals surface area contributed by atoms with E-state index in [0.717, 1.165) is 0 Å². The Balaban J connectivity index is 2.97. The van der Waals surface area contributed by atoms with Crippen LogP contribution in [0.2, 0.25) is 0 Å². The van der Waals surface area contributed by atoms with Gasteiger partial charge in [-0.25, -0.2) is 0 Å². The van der Waals surface area contributed by atoms with E-state index in [0.29, 0.717) is 19.5 Å². The quantitative estimate of drug-likeness (QED) is 0.386. The third-order valence-corrected chi connectivity index (χ3v) is 1.10. The number of nitrogens with one attached hydrogen (secondary N) is 2. The number of hydrogen-bond donors (Lipinski definition) is 3. The van der Waals surface area contributed by atoms with E-state index in [2.05, 4.69) is 22.9 Å². The molecular weight excluding hydrogens is 136 g/mol. The topological polar surface area (TPSA) is 41.1 Å². The first-order chi connectivity index (χ1) is 4.31. The lowest BCUT2D eigenvalue weighted by molar-refractivity contribution is -0.120. The largest absolute Gasteiger partial charge is 0.355 e. The summed E-state index contributed by atoms with van der Waals surface area (Å²) in [4.78, 5) is 10.5.